The number of aliphatic imine (C=N–C) groups is 1. The second kappa shape index (κ2) is 12.0. The summed E-state index contributed by atoms with van der Waals surface area (Å²) in [7, 11) is 0. The molecule has 4 rings (SSSR count). The van der Waals surface area contributed by atoms with Gasteiger partial charge in [-0.15, -0.1) is 0 Å². The topological polar surface area (TPSA) is 59.9 Å². The van der Waals surface area contributed by atoms with Crippen molar-refractivity contribution >= 4 is 96.3 Å². The zero-order valence-corrected chi connectivity index (χ0v) is 24.4. The number of amidine groups is 1. The van der Waals surface area contributed by atoms with Gasteiger partial charge in [0.15, 0.2) is 16.7 Å². The van der Waals surface area contributed by atoms with Crippen molar-refractivity contribution in [3.63, 3.8) is 0 Å². The van der Waals surface area contributed by atoms with E-state index in [1.165, 1.54) is 11.8 Å². The molecular formula is C25H18BrCl2IN2O3S. The van der Waals surface area contributed by atoms with Crippen LogP contribution in [0.1, 0.15) is 18.1 Å². The molecule has 0 aliphatic carbocycles. The number of amides is 1. The number of benzene rings is 3. The highest BCUT2D eigenvalue weighted by Gasteiger charge is 2.25. The van der Waals surface area contributed by atoms with Crippen molar-refractivity contribution in [3.05, 3.63) is 88.7 Å². The minimum Gasteiger partial charge on any atom is -0.490 e. The summed E-state index contributed by atoms with van der Waals surface area (Å²) in [6, 6.07) is 16.9. The molecule has 0 radical (unpaired) electrons. The molecule has 3 aromatic carbocycles. The lowest BCUT2D eigenvalue weighted by atomic mass is 10.2. The van der Waals surface area contributed by atoms with Crippen molar-refractivity contribution in [1.82, 2.24) is 5.32 Å². The van der Waals surface area contributed by atoms with Gasteiger partial charge in [0.1, 0.15) is 6.61 Å². The van der Waals surface area contributed by atoms with E-state index >= 15 is 0 Å². The highest BCUT2D eigenvalue weighted by Crippen LogP contribution is 2.38. The van der Waals surface area contributed by atoms with E-state index in [0.29, 0.717) is 50.5 Å². The maximum atomic E-state index is 12.6. The first-order valence-corrected chi connectivity index (χ1v) is 13.9. The molecule has 1 fully saturated rings. The highest BCUT2D eigenvalue weighted by atomic mass is 127. The van der Waals surface area contributed by atoms with Crippen LogP contribution in [0.25, 0.3) is 6.08 Å². The van der Waals surface area contributed by atoms with E-state index in [1.54, 1.807) is 24.3 Å². The predicted octanol–water partition coefficient (Wildman–Crippen LogP) is 8.23. The van der Waals surface area contributed by atoms with Gasteiger partial charge >= 0.3 is 0 Å². The van der Waals surface area contributed by atoms with Crippen LogP contribution in [-0.4, -0.2) is 17.7 Å². The zero-order chi connectivity index (χ0) is 24.9. The Hall–Kier alpha value is -1.72. The maximum Gasteiger partial charge on any atom is 0.264 e. The van der Waals surface area contributed by atoms with E-state index in [9.17, 15) is 4.79 Å². The molecule has 0 saturated carbocycles. The molecule has 1 saturated heterocycles. The summed E-state index contributed by atoms with van der Waals surface area (Å²) in [6.45, 7) is 2.81. The van der Waals surface area contributed by atoms with E-state index in [4.69, 9.17) is 32.7 Å². The Bertz CT molecular complexity index is 1330. The third-order valence-electron chi connectivity index (χ3n) is 4.73. The van der Waals surface area contributed by atoms with Crippen molar-refractivity contribution in [2.45, 2.75) is 13.5 Å². The Morgan fingerprint density at radius 1 is 1.14 bits per heavy atom. The maximum absolute atomic E-state index is 12.6. The third kappa shape index (κ3) is 6.74. The molecule has 0 atom stereocenters. The lowest BCUT2D eigenvalue weighted by Gasteiger charge is -2.15. The van der Waals surface area contributed by atoms with Gasteiger partial charge < -0.3 is 14.8 Å². The van der Waals surface area contributed by atoms with Gasteiger partial charge in [0.05, 0.1) is 30.8 Å². The zero-order valence-electron chi connectivity index (χ0n) is 18.3. The molecular weight excluding hydrogens is 686 g/mol. The highest BCUT2D eigenvalue weighted by molar-refractivity contribution is 14.1. The van der Waals surface area contributed by atoms with Crippen LogP contribution < -0.4 is 14.8 Å². The minimum atomic E-state index is -0.240. The van der Waals surface area contributed by atoms with Gasteiger partial charge in [-0.2, -0.15) is 0 Å². The fourth-order valence-corrected chi connectivity index (χ4v) is 5.35. The van der Waals surface area contributed by atoms with Crippen LogP contribution in [0.3, 0.4) is 0 Å². The molecule has 1 aliphatic heterocycles. The van der Waals surface area contributed by atoms with Crippen molar-refractivity contribution in [3.8, 4) is 11.5 Å². The Morgan fingerprint density at radius 3 is 2.66 bits per heavy atom. The standard InChI is InChI=1S/C25H18BrCl2IN2O3S/c1-2-33-20-11-15(10-18(29)23(20)34-13-14-6-8-16(26)9-7-14)12-21-24(32)31-25(35-21)30-19-5-3-4-17(27)22(19)28/h3-12H,2,13H2,1H3,(H,30,31,32)/b21-12+. The fraction of sp³-hybridized carbons (Fsp3) is 0.120. The Morgan fingerprint density at radius 2 is 1.91 bits per heavy atom. The third-order valence-corrected chi connectivity index (χ3v) is 7.78. The van der Waals surface area contributed by atoms with E-state index in [0.717, 1.165) is 19.2 Å². The summed E-state index contributed by atoms with van der Waals surface area (Å²) in [5.74, 6) is 1.04. The lowest BCUT2D eigenvalue weighted by Crippen LogP contribution is -2.19. The Kier molecular flexibility index (Phi) is 9.04. The summed E-state index contributed by atoms with van der Waals surface area (Å²) < 4.78 is 13.8. The van der Waals surface area contributed by atoms with Crippen LogP contribution in [0.15, 0.2) is 69.0 Å². The van der Waals surface area contributed by atoms with Gasteiger partial charge in [0.25, 0.3) is 5.91 Å². The smallest absolute Gasteiger partial charge is 0.264 e. The van der Waals surface area contributed by atoms with Gasteiger partial charge in [0.2, 0.25) is 0 Å². The van der Waals surface area contributed by atoms with Crippen LogP contribution >= 0.6 is 73.5 Å². The van der Waals surface area contributed by atoms with Gasteiger partial charge in [-0.05, 0) is 94.9 Å². The first-order chi connectivity index (χ1) is 16.8. The molecule has 0 unspecified atom stereocenters. The summed E-state index contributed by atoms with van der Waals surface area (Å²) >= 11 is 19.2. The summed E-state index contributed by atoms with van der Waals surface area (Å²) in [6.07, 6.45) is 1.80. The van der Waals surface area contributed by atoms with E-state index in [2.05, 4.69) is 48.8 Å². The molecule has 180 valence electrons. The average molecular weight is 704 g/mol. The first-order valence-electron chi connectivity index (χ1n) is 10.4. The number of halogens is 4. The van der Waals surface area contributed by atoms with Crippen LogP contribution in [0.2, 0.25) is 10.0 Å². The van der Waals surface area contributed by atoms with Crippen molar-refractivity contribution in [2.75, 3.05) is 6.61 Å². The predicted molar refractivity (Wildman–Crippen MR) is 156 cm³/mol. The van der Waals surface area contributed by atoms with Gasteiger partial charge in [-0.1, -0.05) is 57.3 Å². The van der Waals surface area contributed by atoms with Crippen molar-refractivity contribution < 1.29 is 14.3 Å². The normalized spacial score (nSPS) is 15.5. The minimum absolute atomic E-state index is 0.240. The van der Waals surface area contributed by atoms with Gasteiger partial charge in [-0.3, -0.25) is 4.79 Å². The number of ether oxygens (including phenoxy) is 2. The van der Waals surface area contributed by atoms with E-state index in [1.807, 2.05) is 43.3 Å². The number of carbonyl (C=O) groups excluding carboxylic acids is 1. The number of hydrogen-bond acceptors (Lipinski definition) is 5. The fourth-order valence-electron chi connectivity index (χ4n) is 3.13. The number of carbonyl (C=O) groups is 1. The molecule has 1 aliphatic rings. The van der Waals surface area contributed by atoms with Crippen LogP contribution in [0.4, 0.5) is 5.69 Å². The molecule has 0 bridgehead atoms. The molecule has 0 aromatic heterocycles. The van der Waals surface area contributed by atoms with Gasteiger partial charge in [0, 0.05) is 4.47 Å². The lowest BCUT2D eigenvalue weighted by molar-refractivity contribution is -0.115. The number of nitrogens with zero attached hydrogens (tertiary/aromatic N) is 1. The van der Waals surface area contributed by atoms with E-state index in [-0.39, 0.29) is 5.91 Å². The van der Waals surface area contributed by atoms with Crippen molar-refractivity contribution in [1.29, 1.82) is 0 Å². The molecule has 1 heterocycles. The number of rotatable bonds is 7. The second-order valence-corrected chi connectivity index (χ2v) is 11.1. The quantitative estimate of drug-likeness (QED) is 0.199. The van der Waals surface area contributed by atoms with Crippen LogP contribution in [-0.2, 0) is 11.4 Å². The number of hydrogen-bond donors (Lipinski definition) is 1. The Balaban J connectivity index is 1.56. The molecule has 35 heavy (non-hydrogen) atoms. The Labute approximate surface area is 239 Å². The van der Waals surface area contributed by atoms with Crippen molar-refractivity contribution in [2.24, 2.45) is 4.99 Å². The summed E-state index contributed by atoms with van der Waals surface area (Å²) in [4.78, 5) is 17.5. The first kappa shape index (κ1) is 26.3. The SMILES string of the molecule is CCOc1cc(/C=C2/SC(=Nc3cccc(Cl)c3Cl)NC2=O)cc(I)c1OCc1ccc(Br)cc1. The van der Waals surface area contributed by atoms with E-state index < -0.39 is 0 Å². The largest absolute Gasteiger partial charge is 0.490 e. The molecule has 1 amide bonds. The second-order valence-electron chi connectivity index (χ2n) is 7.23. The molecule has 10 heteroatoms. The molecule has 0 spiro atoms. The van der Waals surface area contributed by atoms with Crippen LogP contribution in [0, 0.1) is 3.57 Å². The average Bonchev–Trinajstić information content (AvgIpc) is 3.16. The number of nitrogens with one attached hydrogen (secondary N) is 1. The summed E-state index contributed by atoms with van der Waals surface area (Å²) in [5.41, 5.74) is 2.35. The molecule has 1 N–H and O–H groups in total. The number of thioether (sulfide) groups is 1. The summed E-state index contributed by atoms with van der Waals surface area (Å²) in [5, 5.41) is 3.94. The van der Waals surface area contributed by atoms with Gasteiger partial charge in [-0.25, -0.2) is 4.99 Å². The molecule has 5 nitrogen and oxygen atoms in total. The van der Waals surface area contributed by atoms with Crippen LogP contribution in [0.5, 0.6) is 11.5 Å². The monoisotopic (exact) mass is 702 g/mol. The molecule has 3 aromatic rings.